The first-order valence-electron chi connectivity index (χ1n) is 8.57. The van der Waals surface area contributed by atoms with Gasteiger partial charge in [-0.2, -0.15) is 0 Å². The molecule has 0 unspecified atom stereocenters. The van der Waals surface area contributed by atoms with E-state index in [2.05, 4.69) is 15.3 Å². The zero-order valence-electron chi connectivity index (χ0n) is 14.5. The van der Waals surface area contributed by atoms with E-state index in [-0.39, 0.29) is 5.91 Å². The molecule has 0 spiro atoms. The molecule has 5 heteroatoms. The number of hydrogen-bond donors (Lipinski definition) is 1. The first kappa shape index (κ1) is 16.7. The topological polar surface area (TPSA) is 64.1 Å². The number of nitrogens with zero attached hydrogens (tertiary/aromatic N) is 2. The second-order valence-electron chi connectivity index (χ2n) is 6.03. The SMILES string of the molecule is O=C(Nc1cc(OCc2ccccc2)ncn1)c1ccc2ccccc2c1. The predicted molar refractivity (Wildman–Crippen MR) is 105 cm³/mol. The number of aromatic nitrogens is 2. The Morgan fingerprint density at radius 3 is 2.48 bits per heavy atom. The minimum Gasteiger partial charge on any atom is -0.473 e. The fourth-order valence-corrected chi connectivity index (χ4v) is 2.74. The van der Waals surface area contributed by atoms with Gasteiger partial charge in [-0.15, -0.1) is 0 Å². The van der Waals surface area contributed by atoms with Crippen molar-refractivity contribution in [3.05, 3.63) is 96.3 Å². The van der Waals surface area contributed by atoms with Crippen LogP contribution in [0.2, 0.25) is 0 Å². The zero-order valence-corrected chi connectivity index (χ0v) is 14.5. The van der Waals surface area contributed by atoms with Crippen molar-refractivity contribution in [3.8, 4) is 5.88 Å². The fraction of sp³-hybridized carbons (Fsp3) is 0.0455. The molecule has 0 radical (unpaired) electrons. The van der Waals surface area contributed by atoms with E-state index in [0.29, 0.717) is 23.9 Å². The third-order valence-electron chi connectivity index (χ3n) is 4.12. The summed E-state index contributed by atoms with van der Waals surface area (Å²) in [5.74, 6) is 0.572. The van der Waals surface area contributed by atoms with Crippen LogP contribution >= 0.6 is 0 Å². The van der Waals surface area contributed by atoms with Crippen LogP contribution in [0, 0.1) is 0 Å². The van der Waals surface area contributed by atoms with Gasteiger partial charge in [-0.3, -0.25) is 4.79 Å². The maximum atomic E-state index is 12.5. The normalized spacial score (nSPS) is 10.5. The number of fused-ring (bicyclic) bond motifs is 1. The summed E-state index contributed by atoms with van der Waals surface area (Å²) in [6.45, 7) is 0.399. The summed E-state index contributed by atoms with van der Waals surface area (Å²) in [6, 6.07) is 24.9. The number of rotatable bonds is 5. The lowest BCUT2D eigenvalue weighted by Gasteiger charge is -2.08. The van der Waals surface area contributed by atoms with Crippen molar-refractivity contribution in [1.82, 2.24) is 9.97 Å². The highest BCUT2D eigenvalue weighted by Gasteiger charge is 2.09. The molecule has 0 saturated carbocycles. The van der Waals surface area contributed by atoms with Gasteiger partial charge in [0.2, 0.25) is 5.88 Å². The van der Waals surface area contributed by atoms with Crippen LogP contribution in [0.15, 0.2) is 85.2 Å². The molecule has 132 valence electrons. The number of benzene rings is 3. The van der Waals surface area contributed by atoms with Crippen LogP contribution in [0.3, 0.4) is 0 Å². The first-order valence-corrected chi connectivity index (χ1v) is 8.57. The Morgan fingerprint density at radius 2 is 1.63 bits per heavy atom. The van der Waals surface area contributed by atoms with Crippen molar-refractivity contribution in [2.75, 3.05) is 5.32 Å². The molecule has 3 aromatic carbocycles. The Morgan fingerprint density at radius 1 is 0.852 bits per heavy atom. The second-order valence-corrected chi connectivity index (χ2v) is 6.03. The Kier molecular flexibility index (Phi) is 4.74. The lowest BCUT2D eigenvalue weighted by Crippen LogP contribution is -2.13. The van der Waals surface area contributed by atoms with Crippen LogP contribution in [-0.4, -0.2) is 15.9 Å². The molecule has 0 aliphatic rings. The molecule has 4 aromatic rings. The Labute approximate surface area is 156 Å². The van der Waals surface area contributed by atoms with Gasteiger partial charge in [0, 0.05) is 11.6 Å². The number of nitrogens with one attached hydrogen (secondary N) is 1. The van der Waals surface area contributed by atoms with Crippen molar-refractivity contribution in [3.63, 3.8) is 0 Å². The number of ether oxygens (including phenoxy) is 1. The molecule has 4 rings (SSSR count). The number of amides is 1. The summed E-state index contributed by atoms with van der Waals surface area (Å²) >= 11 is 0. The molecule has 0 atom stereocenters. The van der Waals surface area contributed by atoms with E-state index in [1.807, 2.05) is 66.7 Å². The first-order chi connectivity index (χ1) is 13.3. The molecule has 1 N–H and O–H groups in total. The van der Waals surface area contributed by atoms with Crippen LogP contribution < -0.4 is 10.1 Å². The van der Waals surface area contributed by atoms with E-state index in [0.717, 1.165) is 16.3 Å². The minimum absolute atomic E-state index is 0.228. The standard InChI is InChI=1S/C22H17N3O2/c26-22(19-11-10-17-8-4-5-9-18(17)12-19)25-20-13-21(24-15-23-20)27-14-16-6-2-1-3-7-16/h1-13,15H,14H2,(H,23,24,25,26). The highest BCUT2D eigenvalue weighted by Crippen LogP contribution is 2.18. The van der Waals surface area contributed by atoms with Crippen molar-refractivity contribution in [1.29, 1.82) is 0 Å². The van der Waals surface area contributed by atoms with Gasteiger partial charge in [0.15, 0.2) is 0 Å². The van der Waals surface area contributed by atoms with E-state index < -0.39 is 0 Å². The van der Waals surface area contributed by atoms with Gasteiger partial charge >= 0.3 is 0 Å². The monoisotopic (exact) mass is 355 g/mol. The molecule has 0 fully saturated rings. The van der Waals surface area contributed by atoms with Gasteiger partial charge in [0.25, 0.3) is 5.91 Å². The molecule has 0 aliphatic heterocycles. The zero-order chi connectivity index (χ0) is 18.5. The molecule has 0 bridgehead atoms. The summed E-state index contributed by atoms with van der Waals surface area (Å²) in [7, 11) is 0. The Balaban J connectivity index is 1.46. The molecule has 27 heavy (non-hydrogen) atoms. The number of hydrogen-bond acceptors (Lipinski definition) is 4. The highest BCUT2D eigenvalue weighted by molar-refractivity contribution is 6.06. The van der Waals surface area contributed by atoms with Crippen LogP contribution in [0.4, 0.5) is 5.82 Å². The molecular weight excluding hydrogens is 338 g/mol. The van der Waals surface area contributed by atoms with Crippen molar-refractivity contribution < 1.29 is 9.53 Å². The van der Waals surface area contributed by atoms with Crippen LogP contribution in [0.1, 0.15) is 15.9 Å². The summed E-state index contributed by atoms with van der Waals surface area (Å²) in [5, 5.41) is 4.90. The third kappa shape index (κ3) is 4.10. The van der Waals surface area contributed by atoms with E-state index in [4.69, 9.17) is 4.74 Å². The highest BCUT2D eigenvalue weighted by atomic mass is 16.5. The maximum absolute atomic E-state index is 12.5. The number of carbonyl (C=O) groups is 1. The molecule has 1 heterocycles. The fourth-order valence-electron chi connectivity index (χ4n) is 2.74. The minimum atomic E-state index is -0.228. The lowest BCUT2D eigenvalue weighted by molar-refractivity contribution is 0.102. The maximum Gasteiger partial charge on any atom is 0.256 e. The third-order valence-corrected chi connectivity index (χ3v) is 4.12. The largest absolute Gasteiger partial charge is 0.473 e. The molecule has 0 aliphatic carbocycles. The quantitative estimate of drug-likeness (QED) is 0.574. The van der Waals surface area contributed by atoms with Gasteiger partial charge in [0.05, 0.1) is 0 Å². The summed E-state index contributed by atoms with van der Waals surface area (Å²) in [5.41, 5.74) is 1.61. The van der Waals surface area contributed by atoms with E-state index in [1.165, 1.54) is 6.33 Å². The van der Waals surface area contributed by atoms with Crippen molar-refractivity contribution in [2.45, 2.75) is 6.61 Å². The molecular formula is C22H17N3O2. The molecule has 0 saturated heterocycles. The second kappa shape index (κ2) is 7.66. The Bertz CT molecular complexity index is 1080. The van der Waals surface area contributed by atoms with E-state index in [9.17, 15) is 4.79 Å². The van der Waals surface area contributed by atoms with Crippen LogP contribution in [-0.2, 0) is 6.61 Å². The van der Waals surface area contributed by atoms with Gasteiger partial charge in [-0.1, -0.05) is 60.7 Å². The average Bonchev–Trinajstić information content (AvgIpc) is 2.73. The van der Waals surface area contributed by atoms with Gasteiger partial charge in [-0.05, 0) is 28.5 Å². The number of carbonyl (C=O) groups excluding carboxylic acids is 1. The smallest absolute Gasteiger partial charge is 0.256 e. The van der Waals surface area contributed by atoms with Crippen molar-refractivity contribution in [2.24, 2.45) is 0 Å². The van der Waals surface area contributed by atoms with Gasteiger partial charge in [0.1, 0.15) is 18.8 Å². The molecule has 5 nitrogen and oxygen atoms in total. The molecule has 1 amide bonds. The molecule has 1 aromatic heterocycles. The lowest BCUT2D eigenvalue weighted by atomic mass is 10.1. The summed E-state index contributed by atoms with van der Waals surface area (Å²) < 4.78 is 5.68. The van der Waals surface area contributed by atoms with Crippen LogP contribution in [0.25, 0.3) is 10.8 Å². The predicted octanol–water partition coefficient (Wildman–Crippen LogP) is 4.46. The van der Waals surface area contributed by atoms with Gasteiger partial charge in [-0.25, -0.2) is 9.97 Å². The average molecular weight is 355 g/mol. The number of anilines is 1. The van der Waals surface area contributed by atoms with E-state index >= 15 is 0 Å². The summed E-state index contributed by atoms with van der Waals surface area (Å²) in [6.07, 6.45) is 1.37. The van der Waals surface area contributed by atoms with Crippen LogP contribution in [0.5, 0.6) is 5.88 Å². The summed E-state index contributed by atoms with van der Waals surface area (Å²) in [4.78, 5) is 20.7. The van der Waals surface area contributed by atoms with Crippen molar-refractivity contribution >= 4 is 22.5 Å². The van der Waals surface area contributed by atoms with Gasteiger partial charge < -0.3 is 10.1 Å². The van der Waals surface area contributed by atoms with E-state index in [1.54, 1.807) is 12.1 Å². The Hall–Kier alpha value is -3.73.